The van der Waals surface area contributed by atoms with Crippen molar-refractivity contribution in [1.29, 1.82) is 0 Å². The summed E-state index contributed by atoms with van der Waals surface area (Å²) in [5, 5.41) is 10.3. The van der Waals surface area contributed by atoms with Crippen LogP contribution in [-0.4, -0.2) is 22.2 Å². The third-order valence-corrected chi connectivity index (χ3v) is 4.06. The molecule has 1 N–H and O–H groups in total. The quantitative estimate of drug-likeness (QED) is 0.788. The summed E-state index contributed by atoms with van der Waals surface area (Å²) in [7, 11) is 0. The summed E-state index contributed by atoms with van der Waals surface area (Å²) in [6, 6.07) is 20.5. The van der Waals surface area contributed by atoms with E-state index in [1.807, 2.05) is 36.4 Å². The van der Waals surface area contributed by atoms with Crippen LogP contribution in [0.4, 0.5) is 0 Å². The number of hydrogen-bond donors (Lipinski definition) is 1. The summed E-state index contributed by atoms with van der Waals surface area (Å²) in [5.41, 5.74) is 2.44. The van der Waals surface area contributed by atoms with Gasteiger partial charge in [-0.2, -0.15) is 0 Å². The second kappa shape index (κ2) is 8.53. The van der Waals surface area contributed by atoms with Crippen LogP contribution in [0, 0.1) is 18.3 Å². The zero-order valence-electron chi connectivity index (χ0n) is 13.9. The van der Waals surface area contributed by atoms with Crippen LogP contribution >= 0.6 is 0 Å². The van der Waals surface area contributed by atoms with Gasteiger partial charge in [0.1, 0.15) is 6.10 Å². The highest BCUT2D eigenvalue weighted by Gasteiger charge is 2.28. The Balaban J connectivity index is 2.27. The van der Waals surface area contributed by atoms with Gasteiger partial charge in [0.05, 0.1) is 0 Å². The molecular weight excluding hydrogens is 282 g/mol. The highest BCUT2D eigenvalue weighted by atomic mass is 16.3. The molecule has 2 aromatic carbocycles. The lowest BCUT2D eigenvalue weighted by Crippen LogP contribution is -2.45. The first-order valence-corrected chi connectivity index (χ1v) is 8.08. The van der Waals surface area contributed by atoms with Crippen molar-refractivity contribution < 1.29 is 5.11 Å². The molecule has 0 saturated heterocycles. The van der Waals surface area contributed by atoms with E-state index >= 15 is 0 Å². The largest absolute Gasteiger partial charge is 0.379 e. The summed E-state index contributed by atoms with van der Waals surface area (Å²) >= 11 is 0. The van der Waals surface area contributed by atoms with Gasteiger partial charge in [0.15, 0.2) is 0 Å². The van der Waals surface area contributed by atoms with Crippen molar-refractivity contribution in [3.63, 3.8) is 0 Å². The Morgan fingerprint density at radius 3 is 1.70 bits per heavy atom. The predicted molar refractivity (Wildman–Crippen MR) is 95.6 cm³/mol. The molecule has 0 aliphatic carbocycles. The third kappa shape index (κ3) is 4.96. The molecular formula is C21H25NO. The molecule has 0 fully saturated rings. The summed E-state index contributed by atoms with van der Waals surface area (Å²) in [6.45, 7) is 5.73. The van der Waals surface area contributed by atoms with Crippen LogP contribution in [0.2, 0.25) is 0 Å². The summed E-state index contributed by atoms with van der Waals surface area (Å²) in [5.74, 6) is 2.77. The molecule has 2 rings (SSSR count). The van der Waals surface area contributed by atoms with E-state index in [4.69, 9.17) is 6.42 Å². The number of benzene rings is 2. The Morgan fingerprint density at radius 1 is 0.913 bits per heavy atom. The molecule has 2 atom stereocenters. The average Bonchev–Trinajstić information content (AvgIpc) is 2.56. The van der Waals surface area contributed by atoms with Gasteiger partial charge in [-0.05, 0) is 17.0 Å². The third-order valence-electron chi connectivity index (χ3n) is 4.06. The summed E-state index contributed by atoms with van der Waals surface area (Å²) < 4.78 is 0. The average molecular weight is 307 g/mol. The maximum absolute atomic E-state index is 10.3. The molecule has 0 aliphatic heterocycles. The monoisotopic (exact) mass is 307 g/mol. The van der Waals surface area contributed by atoms with E-state index < -0.39 is 6.10 Å². The van der Waals surface area contributed by atoms with Gasteiger partial charge in [0, 0.05) is 19.1 Å². The Hall–Kier alpha value is -2.08. The van der Waals surface area contributed by atoms with E-state index in [2.05, 4.69) is 48.9 Å². The molecule has 0 aliphatic rings. The fourth-order valence-corrected chi connectivity index (χ4v) is 2.99. The molecule has 0 unspecified atom stereocenters. The van der Waals surface area contributed by atoms with Crippen LogP contribution in [0.25, 0.3) is 0 Å². The van der Waals surface area contributed by atoms with Crippen LogP contribution in [0.3, 0.4) is 0 Å². The lowest BCUT2D eigenvalue weighted by atomic mass is 9.95. The van der Waals surface area contributed by atoms with Crippen molar-refractivity contribution in [2.75, 3.05) is 0 Å². The number of aliphatic hydroxyl groups is 1. The van der Waals surface area contributed by atoms with Gasteiger partial charge in [0.2, 0.25) is 0 Å². The minimum absolute atomic E-state index is 0.0830. The second-order valence-electron chi connectivity index (χ2n) is 6.22. The molecule has 0 aromatic heterocycles. The van der Waals surface area contributed by atoms with Crippen LogP contribution in [0.1, 0.15) is 25.0 Å². The molecule has 0 bridgehead atoms. The van der Waals surface area contributed by atoms with Crippen molar-refractivity contribution in [1.82, 2.24) is 4.90 Å². The topological polar surface area (TPSA) is 23.5 Å². The van der Waals surface area contributed by atoms with Crippen molar-refractivity contribution in [3.05, 3.63) is 71.8 Å². The maximum Gasteiger partial charge on any atom is 0.130 e. The molecule has 2 aromatic rings. The van der Waals surface area contributed by atoms with Crippen molar-refractivity contribution in [2.24, 2.45) is 5.92 Å². The van der Waals surface area contributed by atoms with E-state index in [-0.39, 0.29) is 12.0 Å². The Labute approximate surface area is 139 Å². The highest BCUT2D eigenvalue weighted by molar-refractivity contribution is 5.18. The number of terminal acetylenes is 1. The fourth-order valence-electron chi connectivity index (χ4n) is 2.99. The molecule has 2 heteroatoms. The summed E-state index contributed by atoms with van der Waals surface area (Å²) in [4.78, 5) is 2.28. The van der Waals surface area contributed by atoms with E-state index in [1.54, 1.807) is 0 Å². The van der Waals surface area contributed by atoms with E-state index in [9.17, 15) is 5.11 Å². The lowest BCUT2D eigenvalue weighted by molar-refractivity contribution is 0.0445. The standard InChI is InChI=1S/C21H25NO/c1-4-20(23)21(17(2)3)22(15-18-11-7-5-8-12-18)16-19-13-9-6-10-14-19/h1,5-14,17,20-21,23H,15-16H2,2-3H3/t20-,21-/m0/s1. The van der Waals surface area contributed by atoms with Gasteiger partial charge in [-0.1, -0.05) is 80.4 Å². The minimum atomic E-state index is -0.776. The normalized spacial score (nSPS) is 13.7. The fraction of sp³-hybridized carbons (Fsp3) is 0.333. The van der Waals surface area contributed by atoms with Gasteiger partial charge in [-0.3, -0.25) is 4.90 Å². The minimum Gasteiger partial charge on any atom is -0.379 e. The molecule has 2 nitrogen and oxygen atoms in total. The van der Waals surface area contributed by atoms with Crippen LogP contribution in [0.5, 0.6) is 0 Å². The zero-order chi connectivity index (χ0) is 16.7. The molecule has 0 spiro atoms. The van der Waals surface area contributed by atoms with Crippen LogP contribution in [-0.2, 0) is 13.1 Å². The SMILES string of the molecule is C#C[C@H](O)[C@H](C(C)C)N(Cc1ccccc1)Cc1ccccc1. The Morgan fingerprint density at radius 2 is 1.35 bits per heavy atom. The van der Waals surface area contributed by atoms with Crippen LogP contribution < -0.4 is 0 Å². The number of rotatable bonds is 7. The number of aliphatic hydroxyl groups excluding tert-OH is 1. The van der Waals surface area contributed by atoms with Gasteiger partial charge in [-0.15, -0.1) is 6.42 Å². The van der Waals surface area contributed by atoms with Crippen molar-refractivity contribution in [3.8, 4) is 12.3 Å². The number of nitrogens with zero attached hydrogens (tertiary/aromatic N) is 1. The Bertz CT molecular complexity index is 574. The van der Waals surface area contributed by atoms with Gasteiger partial charge in [0.25, 0.3) is 0 Å². The first-order valence-electron chi connectivity index (χ1n) is 8.08. The maximum atomic E-state index is 10.3. The number of hydrogen-bond acceptors (Lipinski definition) is 2. The molecule has 0 saturated carbocycles. The second-order valence-corrected chi connectivity index (χ2v) is 6.22. The van der Waals surface area contributed by atoms with Crippen LogP contribution in [0.15, 0.2) is 60.7 Å². The predicted octanol–water partition coefficient (Wildman–Crippen LogP) is 3.71. The molecule has 23 heavy (non-hydrogen) atoms. The lowest BCUT2D eigenvalue weighted by Gasteiger charge is -2.36. The molecule has 120 valence electrons. The van der Waals surface area contributed by atoms with Gasteiger partial charge < -0.3 is 5.11 Å². The van der Waals surface area contributed by atoms with E-state index in [1.165, 1.54) is 11.1 Å². The van der Waals surface area contributed by atoms with Gasteiger partial charge >= 0.3 is 0 Å². The van der Waals surface area contributed by atoms with Gasteiger partial charge in [-0.25, -0.2) is 0 Å². The first kappa shape index (κ1) is 17.3. The van der Waals surface area contributed by atoms with E-state index in [0.717, 1.165) is 13.1 Å². The van der Waals surface area contributed by atoms with Crippen molar-refractivity contribution >= 4 is 0 Å². The van der Waals surface area contributed by atoms with Crippen molar-refractivity contribution in [2.45, 2.75) is 39.1 Å². The zero-order valence-corrected chi connectivity index (χ0v) is 13.9. The molecule has 0 heterocycles. The Kier molecular flexibility index (Phi) is 6.40. The summed E-state index contributed by atoms with van der Waals surface area (Å²) in [6.07, 6.45) is 4.73. The smallest absolute Gasteiger partial charge is 0.130 e. The first-order chi connectivity index (χ1) is 11.1. The molecule has 0 radical (unpaired) electrons. The van der Waals surface area contributed by atoms with E-state index in [0.29, 0.717) is 0 Å². The molecule has 0 amide bonds. The highest BCUT2D eigenvalue weighted by Crippen LogP contribution is 2.21.